The Morgan fingerprint density at radius 1 is 1.65 bits per heavy atom. The molecular weight excluding hydrogens is 218 g/mol. The van der Waals surface area contributed by atoms with Gasteiger partial charge >= 0.3 is 0 Å². The Morgan fingerprint density at radius 2 is 2.47 bits per heavy atom. The molecule has 2 rings (SSSR count). The van der Waals surface area contributed by atoms with Crippen molar-refractivity contribution in [1.29, 1.82) is 0 Å². The van der Waals surface area contributed by atoms with E-state index in [1.54, 1.807) is 12.4 Å². The van der Waals surface area contributed by atoms with Crippen LogP contribution in [0.4, 0.5) is 0 Å². The molecular formula is C12H15N3O2. The summed E-state index contributed by atoms with van der Waals surface area (Å²) in [7, 11) is 0. The average Bonchev–Trinajstić information content (AvgIpc) is 2.77. The van der Waals surface area contributed by atoms with Gasteiger partial charge in [0.05, 0.1) is 6.04 Å². The second kappa shape index (κ2) is 4.95. The van der Waals surface area contributed by atoms with Crippen molar-refractivity contribution in [2.24, 2.45) is 0 Å². The van der Waals surface area contributed by atoms with Crippen molar-refractivity contribution < 1.29 is 9.59 Å². The highest BCUT2D eigenvalue weighted by Crippen LogP contribution is 2.12. The van der Waals surface area contributed by atoms with Gasteiger partial charge in [-0.05, 0) is 25.0 Å². The van der Waals surface area contributed by atoms with Gasteiger partial charge in [-0.15, -0.1) is 0 Å². The van der Waals surface area contributed by atoms with Crippen LogP contribution in [-0.2, 0) is 9.59 Å². The molecule has 1 aromatic rings. The number of nitrogens with one attached hydrogen (secondary N) is 2. The third kappa shape index (κ3) is 2.81. The summed E-state index contributed by atoms with van der Waals surface area (Å²) >= 11 is 0. The molecule has 5 nitrogen and oxygen atoms in total. The third-order valence-corrected chi connectivity index (χ3v) is 2.85. The van der Waals surface area contributed by atoms with Gasteiger partial charge in [0, 0.05) is 18.8 Å². The first-order chi connectivity index (χ1) is 8.16. The van der Waals surface area contributed by atoms with E-state index in [0.29, 0.717) is 12.8 Å². The van der Waals surface area contributed by atoms with E-state index in [2.05, 4.69) is 15.6 Å². The molecule has 2 unspecified atom stereocenters. The molecule has 1 aliphatic heterocycles. The van der Waals surface area contributed by atoms with Crippen LogP contribution in [0, 0.1) is 0 Å². The summed E-state index contributed by atoms with van der Waals surface area (Å²) in [5.74, 6) is -0.189. The maximum absolute atomic E-state index is 11.8. The van der Waals surface area contributed by atoms with Gasteiger partial charge in [-0.3, -0.25) is 14.6 Å². The molecule has 1 saturated heterocycles. The fourth-order valence-electron chi connectivity index (χ4n) is 1.84. The quantitative estimate of drug-likeness (QED) is 0.800. The Hall–Kier alpha value is -1.91. The molecule has 5 heteroatoms. The fraction of sp³-hybridized carbons (Fsp3) is 0.417. The van der Waals surface area contributed by atoms with Gasteiger partial charge in [0.1, 0.15) is 6.04 Å². The van der Waals surface area contributed by atoms with E-state index in [1.165, 1.54) is 0 Å². The molecule has 0 bridgehead atoms. The minimum Gasteiger partial charge on any atom is -0.348 e. The molecule has 17 heavy (non-hydrogen) atoms. The monoisotopic (exact) mass is 233 g/mol. The van der Waals surface area contributed by atoms with Gasteiger partial charge < -0.3 is 10.6 Å². The van der Waals surface area contributed by atoms with E-state index < -0.39 is 0 Å². The predicted molar refractivity (Wildman–Crippen MR) is 62.0 cm³/mol. The van der Waals surface area contributed by atoms with Gasteiger partial charge in [0.25, 0.3) is 0 Å². The number of carbonyl (C=O) groups excluding carboxylic acids is 2. The first-order valence-corrected chi connectivity index (χ1v) is 5.66. The Balaban J connectivity index is 1.93. The number of rotatable bonds is 3. The highest BCUT2D eigenvalue weighted by Gasteiger charge is 2.27. The van der Waals surface area contributed by atoms with Gasteiger partial charge in [-0.2, -0.15) is 0 Å². The Bertz CT molecular complexity index is 419. The van der Waals surface area contributed by atoms with Crippen LogP contribution in [0.2, 0.25) is 0 Å². The largest absolute Gasteiger partial charge is 0.348 e. The first-order valence-electron chi connectivity index (χ1n) is 5.66. The lowest BCUT2D eigenvalue weighted by Crippen LogP contribution is -2.42. The molecule has 0 aromatic carbocycles. The van der Waals surface area contributed by atoms with Crippen LogP contribution < -0.4 is 10.6 Å². The van der Waals surface area contributed by atoms with Crippen molar-refractivity contribution >= 4 is 11.8 Å². The second-order valence-corrected chi connectivity index (χ2v) is 4.18. The lowest BCUT2D eigenvalue weighted by Gasteiger charge is -2.17. The topological polar surface area (TPSA) is 71.1 Å². The molecule has 90 valence electrons. The Morgan fingerprint density at radius 3 is 3.06 bits per heavy atom. The minimum atomic E-state index is -0.387. The van der Waals surface area contributed by atoms with E-state index in [9.17, 15) is 9.59 Å². The molecule has 2 atom stereocenters. The highest BCUT2D eigenvalue weighted by atomic mass is 16.2. The lowest BCUT2D eigenvalue weighted by atomic mass is 10.1. The molecule has 2 heterocycles. The number of amides is 2. The van der Waals surface area contributed by atoms with E-state index >= 15 is 0 Å². The number of pyridine rings is 1. The zero-order valence-electron chi connectivity index (χ0n) is 9.64. The number of nitrogens with zero attached hydrogens (tertiary/aromatic N) is 1. The van der Waals surface area contributed by atoms with Crippen molar-refractivity contribution in [3.63, 3.8) is 0 Å². The van der Waals surface area contributed by atoms with Crippen molar-refractivity contribution in [1.82, 2.24) is 15.6 Å². The van der Waals surface area contributed by atoms with Crippen molar-refractivity contribution in [3.8, 4) is 0 Å². The maximum atomic E-state index is 11.8. The second-order valence-electron chi connectivity index (χ2n) is 4.18. The van der Waals surface area contributed by atoms with Crippen LogP contribution in [0.25, 0.3) is 0 Å². The van der Waals surface area contributed by atoms with Crippen molar-refractivity contribution in [3.05, 3.63) is 30.1 Å². The standard InChI is InChI=1S/C12H15N3O2/c1-8(9-3-2-6-13-7-9)14-12(17)10-4-5-11(16)15-10/h2-3,6-8,10H,4-5H2,1H3,(H,14,17)(H,15,16). The molecule has 2 N–H and O–H groups in total. The summed E-state index contributed by atoms with van der Waals surface area (Å²) in [5, 5.41) is 5.51. The normalized spacial score (nSPS) is 20.8. The summed E-state index contributed by atoms with van der Waals surface area (Å²) in [6.45, 7) is 1.89. The smallest absolute Gasteiger partial charge is 0.243 e. The van der Waals surface area contributed by atoms with Crippen molar-refractivity contribution in [2.45, 2.75) is 31.8 Å². The van der Waals surface area contributed by atoms with Crippen molar-refractivity contribution in [2.75, 3.05) is 0 Å². The van der Waals surface area contributed by atoms with E-state index in [4.69, 9.17) is 0 Å². The molecule has 0 saturated carbocycles. The zero-order valence-corrected chi connectivity index (χ0v) is 9.64. The maximum Gasteiger partial charge on any atom is 0.243 e. The van der Waals surface area contributed by atoms with E-state index in [-0.39, 0.29) is 23.9 Å². The third-order valence-electron chi connectivity index (χ3n) is 2.85. The molecule has 1 aromatic heterocycles. The average molecular weight is 233 g/mol. The van der Waals surface area contributed by atoms with Crippen LogP contribution in [0.5, 0.6) is 0 Å². The number of carbonyl (C=O) groups is 2. The van der Waals surface area contributed by atoms with E-state index in [1.807, 2.05) is 19.1 Å². The molecule has 0 aliphatic carbocycles. The molecule has 0 radical (unpaired) electrons. The van der Waals surface area contributed by atoms with Gasteiger partial charge in [-0.25, -0.2) is 0 Å². The Labute approximate surface area is 99.6 Å². The lowest BCUT2D eigenvalue weighted by molar-refractivity contribution is -0.126. The van der Waals surface area contributed by atoms with Crippen LogP contribution >= 0.6 is 0 Å². The number of hydrogen-bond acceptors (Lipinski definition) is 3. The summed E-state index contributed by atoms with van der Waals surface area (Å²) in [6.07, 6.45) is 4.41. The summed E-state index contributed by atoms with van der Waals surface area (Å²) in [6, 6.07) is 3.25. The van der Waals surface area contributed by atoms with Crippen LogP contribution in [0.1, 0.15) is 31.4 Å². The van der Waals surface area contributed by atoms with E-state index in [0.717, 1.165) is 5.56 Å². The Kier molecular flexibility index (Phi) is 3.37. The van der Waals surface area contributed by atoms with Crippen LogP contribution in [-0.4, -0.2) is 22.8 Å². The number of aromatic nitrogens is 1. The fourth-order valence-corrected chi connectivity index (χ4v) is 1.84. The van der Waals surface area contributed by atoms with Crippen LogP contribution in [0.15, 0.2) is 24.5 Å². The van der Waals surface area contributed by atoms with Crippen LogP contribution in [0.3, 0.4) is 0 Å². The summed E-state index contributed by atoms with van der Waals surface area (Å²) in [4.78, 5) is 26.8. The minimum absolute atomic E-state index is 0.0563. The SMILES string of the molecule is CC(NC(=O)C1CCC(=O)N1)c1cccnc1. The first kappa shape index (κ1) is 11.6. The number of hydrogen-bond donors (Lipinski definition) is 2. The predicted octanol–water partition coefficient (Wildman–Crippen LogP) is 0.537. The van der Waals surface area contributed by atoms with Gasteiger partial charge in [0.15, 0.2) is 0 Å². The molecule has 1 fully saturated rings. The molecule has 0 spiro atoms. The molecule has 1 aliphatic rings. The molecule has 2 amide bonds. The summed E-state index contributed by atoms with van der Waals surface area (Å²) in [5.41, 5.74) is 0.949. The van der Waals surface area contributed by atoms with Gasteiger partial charge in [-0.1, -0.05) is 6.07 Å². The zero-order chi connectivity index (χ0) is 12.3. The van der Waals surface area contributed by atoms with Gasteiger partial charge in [0.2, 0.25) is 11.8 Å². The summed E-state index contributed by atoms with van der Waals surface area (Å²) < 4.78 is 0. The highest BCUT2D eigenvalue weighted by molar-refractivity contribution is 5.90.